The number of benzene rings is 2. The lowest BCUT2D eigenvalue weighted by Crippen LogP contribution is -2.28. The Labute approximate surface area is 180 Å². The molecule has 2 fully saturated rings. The number of carbonyl (C=O) groups excluding carboxylic acids is 2. The predicted molar refractivity (Wildman–Crippen MR) is 117 cm³/mol. The molecule has 31 heavy (non-hydrogen) atoms. The number of aromatic nitrogens is 2. The Morgan fingerprint density at radius 1 is 1.16 bits per heavy atom. The Morgan fingerprint density at radius 2 is 2.00 bits per heavy atom. The summed E-state index contributed by atoms with van der Waals surface area (Å²) >= 11 is 0. The van der Waals surface area contributed by atoms with Crippen molar-refractivity contribution < 1.29 is 14.1 Å². The molecule has 7 nitrogen and oxygen atoms in total. The van der Waals surface area contributed by atoms with Gasteiger partial charge in [0.05, 0.1) is 5.92 Å². The van der Waals surface area contributed by atoms with Gasteiger partial charge in [0.2, 0.25) is 23.5 Å². The fourth-order valence-corrected chi connectivity index (χ4v) is 4.07. The van der Waals surface area contributed by atoms with E-state index in [-0.39, 0.29) is 18.2 Å². The SMILES string of the molecule is Cc1ccccc1NC(=O)[C@H]1CC(=O)N(c2cccc(-c3noc(C4CCC4)n3)c2)C1. The molecule has 2 aliphatic rings. The maximum atomic E-state index is 12.8. The minimum absolute atomic E-state index is 0.0645. The third kappa shape index (κ3) is 3.83. The van der Waals surface area contributed by atoms with Crippen molar-refractivity contribution >= 4 is 23.2 Å². The lowest BCUT2D eigenvalue weighted by molar-refractivity contribution is -0.122. The van der Waals surface area contributed by atoms with Crippen LogP contribution >= 0.6 is 0 Å². The molecule has 1 aromatic heterocycles. The van der Waals surface area contributed by atoms with Gasteiger partial charge in [-0.05, 0) is 43.5 Å². The highest BCUT2D eigenvalue weighted by molar-refractivity contribution is 6.03. The highest BCUT2D eigenvalue weighted by Gasteiger charge is 2.35. The zero-order valence-corrected chi connectivity index (χ0v) is 17.4. The molecule has 1 atom stereocenters. The average molecular weight is 416 g/mol. The molecule has 0 spiro atoms. The molecule has 2 amide bonds. The average Bonchev–Trinajstić information content (AvgIpc) is 3.36. The lowest BCUT2D eigenvalue weighted by atomic mass is 9.85. The molecule has 3 aromatic rings. The Bertz CT molecular complexity index is 1140. The number of anilines is 2. The summed E-state index contributed by atoms with van der Waals surface area (Å²) in [5, 5.41) is 7.08. The van der Waals surface area contributed by atoms with Crippen molar-refractivity contribution in [2.24, 2.45) is 5.92 Å². The van der Waals surface area contributed by atoms with E-state index in [9.17, 15) is 9.59 Å². The molecule has 0 unspecified atom stereocenters. The summed E-state index contributed by atoms with van der Waals surface area (Å²) in [6, 6.07) is 15.2. The van der Waals surface area contributed by atoms with Gasteiger partial charge in [0.15, 0.2) is 0 Å². The van der Waals surface area contributed by atoms with E-state index in [1.54, 1.807) is 4.90 Å². The molecule has 158 valence electrons. The molecule has 2 aromatic carbocycles. The van der Waals surface area contributed by atoms with Gasteiger partial charge in [-0.1, -0.05) is 41.9 Å². The van der Waals surface area contributed by atoms with E-state index in [1.165, 1.54) is 6.42 Å². The fraction of sp³-hybridized carbons (Fsp3) is 0.333. The van der Waals surface area contributed by atoms with Gasteiger partial charge in [-0.25, -0.2) is 0 Å². The molecule has 5 rings (SSSR count). The van der Waals surface area contributed by atoms with E-state index < -0.39 is 5.92 Å². The highest BCUT2D eigenvalue weighted by atomic mass is 16.5. The normalized spacial score (nSPS) is 18.8. The number of nitrogens with one attached hydrogen (secondary N) is 1. The molecule has 1 saturated carbocycles. The van der Waals surface area contributed by atoms with Crippen LogP contribution in [0.15, 0.2) is 53.1 Å². The molecular weight excluding hydrogens is 392 g/mol. The zero-order chi connectivity index (χ0) is 21.4. The monoisotopic (exact) mass is 416 g/mol. The summed E-state index contributed by atoms with van der Waals surface area (Å²) in [5.41, 5.74) is 3.31. The summed E-state index contributed by atoms with van der Waals surface area (Å²) in [6.07, 6.45) is 3.58. The van der Waals surface area contributed by atoms with Crippen molar-refractivity contribution in [2.45, 2.75) is 38.5 Å². The third-order valence-corrected chi connectivity index (χ3v) is 6.21. The van der Waals surface area contributed by atoms with Crippen molar-refractivity contribution in [1.29, 1.82) is 0 Å². The van der Waals surface area contributed by atoms with Crippen LogP contribution in [0.3, 0.4) is 0 Å². The van der Waals surface area contributed by atoms with E-state index in [4.69, 9.17) is 4.52 Å². The molecule has 2 heterocycles. The second kappa shape index (κ2) is 7.98. The maximum Gasteiger partial charge on any atom is 0.230 e. The van der Waals surface area contributed by atoms with Gasteiger partial charge >= 0.3 is 0 Å². The molecule has 7 heteroatoms. The topological polar surface area (TPSA) is 88.3 Å². The second-order valence-corrected chi connectivity index (χ2v) is 8.34. The van der Waals surface area contributed by atoms with Gasteiger partial charge in [-0.15, -0.1) is 0 Å². The second-order valence-electron chi connectivity index (χ2n) is 8.34. The van der Waals surface area contributed by atoms with Crippen molar-refractivity contribution in [3.05, 3.63) is 60.0 Å². The van der Waals surface area contributed by atoms with E-state index >= 15 is 0 Å². The summed E-state index contributed by atoms with van der Waals surface area (Å²) in [5.74, 6) is 0.999. The van der Waals surface area contributed by atoms with Crippen LogP contribution in [0.5, 0.6) is 0 Å². The molecule has 1 saturated heterocycles. The molecule has 1 aliphatic carbocycles. The maximum absolute atomic E-state index is 12.8. The minimum Gasteiger partial charge on any atom is -0.339 e. The number of hydrogen-bond donors (Lipinski definition) is 1. The lowest BCUT2D eigenvalue weighted by Gasteiger charge is -2.20. The number of nitrogens with zero attached hydrogens (tertiary/aromatic N) is 3. The van der Waals surface area contributed by atoms with Crippen molar-refractivity contribution in [1.82, 2.24) is 10.1 Å². The molecule has 1 N–H and O–H groups in total. The van der Waals surface area contributed by atoms with Gasteiger partial charge < -0.3 is 14.7 Å². The van der Waals surface area contributed by atoms with E-state index in [1.807, 2.05) is 55.5 Å². The predicted octanol–water partition coefficient (Wildman–Crippen LogP) is 4.30. The summed E-state index contributed by atoms with van der Waals surface area (Å²) in [6.45, 7) is 2.29. The van der Waals surface area contributed by atoms with Crippen LogP contribution in [0.4, 0.5) is 11.4 Å². The van der Waals surface area contributed by atoms with Crippen LogP contribution in [0.2, 0.25) is 0 Å². The van der Waals surface area contributed by atoms with Crippen molar-refractivity contribution in [3.63, 3.8) is 0 Å². The third-order valence-electron chi connectivity index (χ3n) is 6.21. The first-order valence-corrected chi connectivity index (χ1v) is 10.7. The van der Waals surface area contributed by atoms with Crippen LogP contribution in [0.25, 0.3) is 11.4 Å². The van der Waals surface area contributed by atoms with Crippen LogP contribution in [0, 0.1) is 12.8 Å². The van der Waals surface area contributed by atoms with Crippen LogP contribution in [-0.4, -0.2) is 28.5 Å². The summed E-state index contributed by atoms with van der Waals surface area (Å²) in [4.78, 5) is 31.7. The number of carbonyl (C=O) groups is 2. The zero-order valence-electron chi connectivity index (χ0n) is 17.4. The molecule has 1 aliphatic heterocycles. The van der Waals surface area contributed by atoms with E-state index in [2.05, 4.69) is 15.5 Å². The van der Waals surface area contributed by atoms with Crippen molar-refractivity contribution in [3.8, 4) is 11.4 Å². The minimum atomic E-state index is -0.397. The number of amides is 2. The Morgan fingerprint density at radius 3 is 2.77 bits per heavy atom. The van der Waals surface area contributed by atoms with Gasteiger partial charge in [0, 0.05) is 35.8 Å². The smallest absolute Gasteiger partial charge is 0.230 e. The first kappa shape index (κ1) is 19.5. The van der Waals surface area contributed by atoms with Crippen molar-refractivity contribution in [2.75, 3.05) is 16.8 Å². The fourth-order valence-electron chi connectivity index (χ4n) is 4.07. The quantitative estimate of drug-likeness (QED) is 0.670. The van der Waals surface area contributed by atoms with Gasteiger partial charge in [0.25, 0.3) is 0 Å². The van der Waals surface area contributed by atoms with Crippen LogP contribution in [0.1, 0.15) is 43.1 Å². The largest absolute Gasteiger partial charge is 0.339 e. The Kier molecular flexibility index (Phi) is 5.02. The first-order valence-electron chi connectivity index (χ1n) is 10.7. The number of aryl methyl sites for hydroxylation is 1. The van der Waals surface area contributed by atoms with E-state index in [0.29, 0.717) is 24.2 Å². The first-order chi connectivity index (χ1) is 15.1. The Hall–Kier alpha value is -3.48. The number of rotatable bonds is 5. The summed E-state index contributed by atoms with van der Waals surface area (Å²) < 4.78 is 5.43. The van der Waals surface area contributed by atoms with Gasteiger partial charge in [0.1, 0.15) is 0 Å². The Balaban J connectivity index is 1.31. The molecular formula is C24H24N4O3. The molecule has 0 bridgehead atoms. The van der Waals surface area contributed by atoms with Crippen LogP contribution in [-0.2, 0) is 9.59 Å². The van der Waals surface area contributed by atoms with Gasteiger partial charge in [-0.2, -0.15) is 4.98 Å². The number of hydrogen-bond acceptors (Lipinski definition) is 5. The van der Waals surface area contributed by atoms with Gasteiger partial charge in [-0.3, -0.25) is 9.59 Å². The standard InChI is InChI=1S/C24H24N4O3/c1-15-6-2-3-11-20(15)25-23(30)18-13-21(29)28(14-18)19-10-5-9-17(12-19)22-26-24(31-27-22)16-7-4-8-16/h2-3,5-6,9-12,16,18H,4,7-8,13-14H2,1H3,(H,25,30)/t18-/m0/s1. The summed E-state index contributed by atoms with van der Waals surface area (Å²) in [7, 11) is 0. The molecule has 0 radical (unpaired) electrons. The number of para-hydroxylation sites is 1. The van der Waals surface area contributed by atoms with Crippen LogP contribution < -0.4 is 10.2 Å². The highest BCUT2D eigenvalue weighted by Crippen LogP contribution is 2.36. The van der Waals surface area contributed by atoms with E-state index in [0.717, 1.165) is 35.3 Å².